The van der Waals surface area contributed by atoms with E-state index >= 15 is 0 Å². The average Bonchev–Trinajstić information content (AvgIpc) is 3.56. The minimum atomic E-state index is -4.62. The van der Waals surface area contributed by atoms with Gasteiger partial charge in [0.15, 0.2) is 17.4 Å². The highest BCUT2D eigenvalue weighted by atomic mass is 31.2. The van der Waals surface area contributed by atoms with Crippen LogP contribution in [-0.4, -0.2) is 93.0 Å². The number of aryl methyl sites for hydroxylation is 1. The number of fused-ring (bicyclic) bond motifs is 1. The molecule has 0 saturated carbocycles. The second-order valence-electron chi connectivity index (χ2n) is 9.40. The summed E-state index contributed by atoms with van der Waals surface area (Å²) in [7, 11) is -4.62. The van der Waals surface area contributed by atoms with Crippen LogP contribution in [0.5, 0.6) is 0 Å². The topological polar surface area (TPSA) is 282 Å². The van der Waals surface area contributed by atoms with Crippen LogP contribution in [0.25, 0.3) is 11.2 Å². The number of H-pyrrole nitrogens is 2. The van der Waals surface area contributed by atoms with Crippen molar-refractivity contribution in [3.63, 3.8) is 0 Å². The van der Waals surface area contributed by atoms with Gasteiger partial charge >= 0.3 is 13.4 Å². The van der Waals surface area contributed by atoms with Crippen LogP contribution in [0.3, 0.4) is 0 Å². The van der Waals surface area contributed by atoms with Crippen molar-refractivity contribution < 1.29 is 38.8 Å². The molecule has 218 valence electrons. The molecule has 2 aliphatic heterocycles. The Labute approximate surface area is 222 Å². The van der Waals surface area contributed by atoms with E-state index in [1.165, 1.54) is 17.7 Å². The van der Waals surface area contributed by atoms with Crippen LogP contribution >= 0.6 is 7.75 Å². The molecule has 0 radical (unpaired) electrons. The Morgan fingerprint density at radius 3 is 2.65 bits per heavy atom. The Morgan fingerprint density at radius 2 is 1.93 bits per heavy atom. The number of nitrogens with two attached hydrogens (primary N) is 1. The first-order valence-corrected chi connectivity index (χ1v) is 13.5. The van der Waals surface area contributed by atoms with E-state index in [1.54, 1.807) is 0 Å². The highest BCUT2D eigenvalue weighted by molar-refractivity contribution is 7.50. The van der Waals surface area contributed by atoms with Crippen molar-refractivity contribution in [2.45, 2.75) is 56.3 Å². The lowest BCUT2D eigenvalue weighted by Crippen LogP contribution is -2.38. The largest absolute Gasteiger partial charge is 0.403 e. The monoisotopic (exact) mass is 586 g/mol. The summed E-state index contributed by atoms with van der Waals surface area (Å²) in [6.07, 6.45) is -5.27. The Balaban J connectivity index is 1.25. The summed E-state index contributed by atoms with van der Waals surface area (Å²) >= 11 is 0. The number of hydrogen-bond acceptors (Lipinski definition) is 13. The lowest BCUT2D eigenvalue weighted by molar-refractivity contribution is -0.0491. The fraction of sp³-hybridized carbons (Fsp3) is 0.550. The lowest BCUT2D eigenvalue weighted by atomic mass is 10.1. The minimum absolute atomic E-state index is 0.0174. The maximum Gasteiger partial charge on any atom is 0.403 e. The number of nitrogens with one attached hydrogen (secondary N) is 3. The van der Waals surface area contributed by atoms with Gasteiger partial charge in [-0.1, -0.05) is 0 Å². The van der Waals surface area contributed by atoms with E-state index in [0.717, 1.165) is 10.9 Å². The molecule has 0 amide bonds. The third-order valence-electron chi connectivity index (χ3n) is 6.68. The van der Waals surface area contributed by atoms with Gasteiger partial charge in [0.2, 0.25) is 5.95 Å². The molecule has 0 aromatic carbocycles. The molecule has 19 nitrogen and oxygen atoms in total. The Kier molecular flexibility index (Phi) is 7.50. The normalized spacial score (nSPS) is 30.2. The first-order valence-electron chi connectivity index (χ1n) is 12.0. The summed E-state index contributed by atoms with van der Waals surface area (Å²) in [5.74, 6) is -0.209. The van der Waals surface area contributed by atoms with Gasteiger partial charge in [0.1, 0.15) is 24.5 Å². The predicted octanol–water partition coefficient (Wildman–Crippen LogP) is -3.47. The van der Waals surface area contributed by atoms with Crippen molar-refractivity contribution in [2.75, 3.05) is 18.9 Å². The molecular weight excluding hydrogens is 559 g/mol. The lowest BCUT2D eigenvalue weighted by Gasteiger charge is -2.22. The van der Waals surface area contributed by atoms with Crippen LogP contribution in [0.15, 0.2) is 26.9 Å². The Hall–Kier alpha value is -3.26. The van der Waals surface area contributed by atoms with E-state index in [1.807, 2.05) is 0 Å². The highest BCUT2D eigenvalue weighted by Crippen LogP contribution is 2.42. The van der Waals surface area contributed by atoms with Crippen LogP contribution in [0.1, 0.15) is 24.4 Å². The summed E-state index contributed by atoms with van der Waals surface area (Å²) in [5.41, 5.74) is 3.77. The first kappa shape index (κ1) is 28.3. The van der Waals surface area contributed by atoms with Crippen LogP contribution in [0, 0.1) is 6.92 Å². The molecule has 5 heterocycles. The van der Waals surface area contributed by atoms with Gasteiger partial charge < -0.3 is 35.4 Å². The second-order valence-corrected chi connectivity index (χ2v) is 11.0. The molecular formula is C20H27N8O11P. The van der Waals surface area contributed by atoms with Gasteiger partial charge in [-0.25, -0.2) is 19.4 Å². The number of aliphatic hydroxyl groups excluding tert-OH is 3. The van der Waals surface area contributed by atoms with E-state index in [0.29, 0.717) is 0 Å². The van der Waals surface area contributed by atoms with Crippen LogP contribution < -0.4 is 27.6 Å². The number of nitrogens with zero attached hydrogens (tertiary/aromatic N) is 4. The van der Waals surface area contributed by atoms with Gasteiger partial charge in [0, 0.05) is 18.2 Å². The number of hydrogen-bond donors (Lipinski definition) is 8. The highest BCUT2D eigenvalue weighted by Gasteiger charge is 2.46. The average molecular weight is 586 g/mol. The molecule has 40 heavy (non-hydrogen) atoms. The summed E-state index contributed by atoms with van der Waals surface area (Å²) in [5, 5.41) is 33.1. The third-order valence-corrected chi connectivity index (χ3v) is 7.83. The summed E-state index contributed by atoms with van der Waals surface area (Å²) < 4.78 is 31.5. The summed E-state index contributed by atoms with van der Waals surface area (Å²) in [6, 6.07) is -0.954. The van der Waals surface area contributed by atoms with Crippen LogP contribution in [-0.2, 0) is 18.6 Å². The fourth-order valence-corrected chi connectivity index (χ4v) is 5.77. The molecule has 3 aromatic rings. The van der Waals surface area contributed by atoms with E-state index in [-0.39, 0.29) is 29.1 Å². The number of ether oxygens (including phenoxy) is 2. The quantitative estimate of drug-likeness (QED) is 0.119. The van der Waals surface area contributed by atoms with E-state index in [9.17, 15) is 39.2 Å². The molecule has 2 saturated heterocycles. The fourth-order valence-electron chi connectivity index (χ4n) is 4.65. The molecule has 2 aliphatic rings. The maximum atomic E-state index is 12.8. The number of nitrogen functional groups attached to an aromatic ring is 1. The van der Waals surface area contributed by atoms with Crippen molar-refractivity contribution in [2.24, 2.45) is 0 Å². The molecule has 2 fully saturated rings. The zero-order valence-corrected chi connectivity index (χ0v) is 21.7. The van der Waals surface area contributed by atoms with Gasteiger partial charge in [-0.15, -0.1) is 0 Å². The summed E-state index contributed by atoms with van der Waals surface area (Å²) in [6.45, 7) is 0.266. The molecule has 0 bridgehead atoms. The predicted molar refractivity (Wildman–Crippen MR) is 133 cm³/mol. The van der Waals surface area contributed by atoms with Crippen LogP contribution in [0.4, 0.5) is 5.95 Å². The van der Waals surface area contributed by atoms with Crippen molar-refractivity contribution in [3.8, 4) is 0 Å². The second kappa shape index (κ2) is 10.6. The SMILES string of the molecule is Cc1cn([C@H]2C[C@H](NP(=O)(O)OC[C@H]3O[C@@H](n4cnc5c(=O)[nH]c(N)nc54)[C@H](O)[C@@H]3O)[C@@H](CO)O2)c(=O)[nH]c1=O. The first-order chi connectivity index (χ1) is 18.9. The number of aliphatic hydroxyl groups is 3. The number of rotatable bonds is 8. The molecule has 0 spiro atoms. The summed E-state index contributed by atoms with van der Waals surface area (Å²) in [4.78, 5) is 58.7. The van der Waals surface area contributed by atoms with Crippen molar-refractivity contribution in [1.82, 2.24) is 34.2 Å². The number of aromatic amines is 2. The van der Waals surface area contributed by atoms with E-state index in [2.05, 4.69) is 25.0 Å². The number of aromatic nitrogens is 6. The van der Waals surface area contributed by atoms with E-state index < -0.39 is 80.7 Å². The zero-order valence-electron chi connectivity index (χ0n) is 20.8. The molecule has 0 aliphatic carbocycles. The maximum absolute atomic E-state index is 12.8. The molecule has 9 N–H and O–H groups in total. The van der Waals surface area contributed by atoms with Gasteiger partial charge in [-0.2, -0.15) is 4.98 Å². The molecule has 1 unspecified atom stereocenters. The molecule has 8 atom stereocenters. The van der Waals surface area contributed by atoms with Crippen molar-refractivity contribution in [1.29, 1.82) is 0 Å². The molecule has 5 rings (SSSR count). The minimum Gasteiger partial charge on any atom is -0.394 e. The standard InChI is InChI=1S/C20H27N8O11P/c1-7-3-27(20(34)25-16(7)32)11-2-8(9(4-29)38-11)26-40(35,36)37-5-10-13(30)14(31)18(39-10)28-6-22-12-15(28)23-19(21)24-17(12)33/h3,6,8-11,13-14,18,29-31H,2,4-5H2,1H3,(H,25,32,34)(H2,26,35,36)(H3,21,23,24,33)/t8-,9+,10+,11+,13+,14+,18+/m0/s1. The Bertz CT molecular complexity index is 1630. The van der Waals surface area contributed by atoms with Gasteiger partial charge in [-0.05, 0) is 6.92 Å². The zero-order chi connectivity index (χ0) is 28.9. The Morgan fingerprint density at radius 1 is 1.18 bits per heavy atom. The van der Waals surface area contributed by atoms with Crippen molar-refractivity contribution >= 4 is 24.9 Å². The smallest absolute Gasteiger partial charge is 0.394 e. The van der Waals surface area contributed by atoms with Gasteiger partial charge in [0.05, 0.1) is 31.7 Å². The van der Waals surface area contributed by atoms with Gasteiger partial charge in [0.25, 0.3) is 11.1 Å². The van der Waals surface area contributed by atoms with Crippen LogP contribution in [0.2, 0.25) is 0 Å². The molecule has 20 heteroatoms. The third kappa shape index (κ3) is 5.26. The van der Waals surface area contributed by atoms with E-state index in [4.69, 9.17) is 19.7 Å². The molecule has 3 aromatic heterocycles. The van der Waals surface area contributed by atoms with Crippen molar-refractivity contribution in [3.05, 3.63) is 49.3 Å². The number of anilines is 1. The number of imidazole rings is 1. The van der Waals surface area contributed by atoms with Gasteiger partial charge in [-0.3, -0.25) is 33.2 Å².